The molecular weight excluding hydrogens is 398 g/mol. The fraction of sp³-hybridized carbons (Fsp3) is 0.500. The Bertz CT molecular complexity index is 1020. The molecule has 2 atom stereocenters. The first kappa shape index (κ1) is 21.2. The van der Waals surface area contributed by atoms with Gasteiger partial charge in [0.1, 0.15) is 0 Å². The van der Waals surface area contributed by atoms with Crippen LogP contribution < -0.4 is 0 Å². The summed E-state index contributed by atoms with van der Waals surface area (Å²) >= 11 is 0. The van der Waals surface area contributed by atoms with Crippen molar-refractivity contribution < 1.29 is 14.3 Å². The van der Waals surface area contributed by atoms with Gasteiger partial charge in [-0.05, 0) is 61.6 Å². The number of fused-ring (bicyclic) bond motifs is 2. The molecule has 3 aliphatic rings. The third-order valence-corrected chi connectivity index (χ3v) is 8.92. The molecule has 5 rings (SSSR count). The topological polar surface area (TPSA) is 46.6 Å². The highest BCUT2D eigenvalue weighted by atomic mass is 16.6. The van der Waals surface area contributed by atoms with Crippen molar-refractivity contribution in [1.29, 1.82) is 0 Å². The van der Waals surface area contributed by atoms with E-state index in [4.69, 9.17) is 4.74 Å². The Labute approximate surface area is 191 Å². The third-order valence-electron chi connectivity index (χ3n) is 8.92. The minimum Gasteiger partial charge on any atom is -0.448 e. The van der Waals surface area contributed by atoms with Crippen molar-refractivity contribution in [2.45, 2.75) is 58.5 Å². The first-order chi connectivity index (χ1) is 15.3. The number of esters is 1. The lowest BCUT2D eigenvalue weighted by molar-refractivity contribution is -0.174. The van der Waals surface area contributed by atoms with Crippen LogP contribution in [0.1, 0.15) is 52.0 Å². The van der Waals surface area contributed by atoms with E-state index in [-0.39, 0.29) is 11.9 Å². The molecule has 2 bridgehead atoms. The molecule has 1 aliphatic carbocycles. The van der Waals surface area contributed by atoms with Gasteiger partial charge in [-0.25, -0.2) is 0 Å². The van der Waals surface area contributed by atoms with Crippen LogP contribution in [0.5, 0.6) is 0 Å². The van der Waals surface area contributed by atoms with E-state index < -0.39 is 16.4 Å². The summed E-state index contributed by atoms with van der Waals surface area (Å²) in [5.74, 6) is 0.408. The molecule has 168 valence electrons. The summed E-state index contributed by atoms with van der Waals surface area (Å²) in [6.45, 7) is 7.53. The zero-order chi connectivity index (χ0) is 22.6. The zero-order valence-corrected chi connectivity index (χ0v) is 19.4. The van der Waals surface area contributed by atoms with Crippen molar-refractivity contribution >= 4 is 11.9 Å². The molecule has 1 saturated carbocycles. The average molecular weight is 432 g/mol. The quantitative estimate of drug-likeness (QED) is 0.621. The van der Waals surface area contributed by atoms with E-state index in [9.17, 15) is 9.59 Å². The molecule has 2 heterocycles. The predicted octanol–water partition coefficient (Wildman–Crippen LogP) is 5.26. The van der Waals surface area contributed by atoms with Crippen LogP contribution in [-0.2, 0) is 20.7 Å². The van der Waals surface area contributed by atoms with Gasteiger partial charge in [0.05, 0.1) is 5.41 Å². The summed E-state index contributed by atoms with van der Waals surface area (Å²) in [6.07, 6.45) is 4.41. The predicted molar refractivity (Wildman–Crippen MR) is 125 cm³/mol. The molecular formula is C28H33NO3. The van der Waals surface area contributed by atoms with Crippen molar-refractivity contribution in [3.05, 3.63) is 60.2 Å². The SMILES string of the molecule is CC1(C)C2(C(=O)N3CCC(Cc4ccc(-c5ccccc5)cc4)CC3)CC[C@@]1(C)C(=O)O2. The second kappa shape index (κ2) is 7.47. The number of ether oxygens (including phenoxy) is 1. The number of likely N-dealkylation sites (tertiary alicyclic amines) is 1. The van der Waals surface area contributed by atoms with E-state index in [1.54, 1.807) is 0 Å². The number of nitrogens with zero attached hydrogens (tertiary/aromatic N) is 1. The molecule has 4 heteroatoms. The molecule has 2 saturated heterocycles. The van der Waals surface area contributed by atoms with E-state index in [0.29, 0.717) is 12.3 Å². The highest BCUT2D eigenvalue weighted by molar-refractivity contribution is 5.96. The molecule has 0 spiro atoms. The average Bonchev–Trinajstić information content (AvgIpc) is 3.10. The maximum atomic E-state index is 13.6. The Morgan fingerprint density at radius 2 is 1.56 bits per heavy atom. The molecule has 2 aliphatic heterocycles. The summed E-state index contributed by atoms with van der Waals surface area (Å²) in [7, 11) is 0. The van der Waals surface area contributed by atoms with Gasteiger partial charge >= 0.3 is 5.97 Å². The van der Waals surface area contributed by atoms with Crippen molar-refractivity contribution in [3.8, 4) is 11.1 Å². The van der Waals surface area contributed by atoms with Crippen LogP contribution in [0.3, 0.4) is 0 Å². The van der Waals surface area contributed by atoms with E-state index in [1.165, 1.54) is 16.7 Å². The van der Waals surface area contributed by atoms with Crippen LogP contribution in [0, 0.1) is 16.7 Å². The van der Waals surface area contributed by atoms with E-state index in [1.807, 2.05) is 31.7 Å². The third kappa shape index (κ3) is 3.02. The van der Waals surface area contributed by atoms with Crippen LogP contribution in [0.25, 0.3) is 11.1 Å². The smallest absolute Gasteiger partial charge is 0.313 e. The minimum atomic E-state index is -0.973. The summed E-state index contributed by atoms with van der Waals surface area (Å²) in [4.78, 5) is 28.1. The summed E-state index contributed by atoms with van der Waals surface area (Å²) in [5, 5.41) is 0. The molecule has 2 aromatic carbocycles. The lowest BCUT2D eigenvalue weighted by Crippen LogP contribution is -2.56. The maximum absolute atomic E-state index is 13.6. The van der Waals surface area contributed by atoms with E-state index >= 15 is 0 Å². The van der Waals surface area contributed by atoms with Crippen molar-refractivity contribution in [1.82, 2.24) is 4.90 Å². The minimum absolute atomic E-state index is 0.0303. The molecule has 2 aromatic rings. The second-order valence-corrected chi connectivity index (χ2v) is 10.7. The van der Waals surface area contributed by atoms with Crippen molar-refractivity contribution in [3.63, 3.8) is 0 Å². The molecule has 4 nitrogen and oxygen atoms in total. The van der Waals surface area contributed by atoms with Gasteiger partial charge in [0.15, 0.2) is 5.60 Å². The largest absolute Gasteiger partial charge is 0.448 e. The Morgan fingerprint density at radius 1 is 0.938 bits per heavy atom. The number of carbonyl (C=O) groups excluding carboxylic acids is 2. The highest BCUT2D eigenvalue weighted by Crippen LogP contribution is 2.66. The van der Waals surface area contributed by atoms with Gasteiger partial charge in [-0.2, -0.15) is 0 Å². The van der Waals surface area contributed by atoms with Crippen LogP contribution >= 0.6 is 0 Å². The van der Waals surface area contributed by atoms with Gasteiger partial charge in [-0.1, -0.05) is 68.4 Å². The Balaban J connectivity index is 1.21. The molecule has 1 unspecified atom stereocenters. The van der Waals surface area contributed by atoms with Gasteiger partial charge in [-0.15, -0.1) is 0 Å². The summed E-state index contributed by atoms with van der Waals surface area (Å²) in [6, 6.07) is 19.3. The van der Waals surface area contributed by atoms with Crippen molar-refractivity contribution in [2.24, 2.45) is 16.7 Å². The van der Waals surface area contributed by atoms with Crippen LogP contribution in [0.4, 0.5) is 0 Å². The lowest BCUT2D eigenvalue weighted by atomic mass is 9.66. The summed E-state index contributed by atoms with van der Waals surface area (Å²) in [5.41, 5.74) is 1.85. The maximum Gasteiger partial charge on any atom is 0.313 e. The standard InChI is InChI=1S/C28H33NO3/c1-26(2)27(3)15-16-28(26,32-25(27)31)24(30)29-17-13-21(14-18-29)19-20-9-11-23(12-10-20)22-7-5-4-6-8-22/h4-12,21H,13-19H2,1-3H3/t27-,28?/m0/s1. The fourth-order valence-electron chi connectivity index (χ4n) is 6.11. The number of hydrogen-bond acceptors (Lipinski definition) is 3. The van der Waals surface area contributed by atoms with E-state index in [2.05, 4.69) is 48.5 Å². The molecule has 0 radical (unpaired) electrons. The van der Waals surface area contributed by atoms with Crippen molar-refractivity contribution in [2.75, 3.05) is 13.1 Å². The number of amides is 1. The molecule has 0 N–H and O–H groups in total. The molecule has 32 heavy (non-hydrogen) atoms. The zero-order valence-electron chi connectivity index (χ0n) is 19.4. The van der Waals surface area contributed by atoms with Gasteiger partial charge in [-0.3, -0.25) is 9.59 Å². The van der Waals surface area contributed by atoms with Crippen LogP contribution in [0.2, 0.25) is 0 Å². The van der Waals surface area contributed by atoms with Gasteiger partial charge < -0.3 is 9.64 Å². The van der Waals surface area contributed by atoms with E-state index in [0.717, 1.165) is 38.8 Å². The Hall–Kier alpha value is -2.62. The Morgan fingerprint density at radius 3 is 2.12 bits per heavy atom. The Kier molecular flexibility index (Phi) is 4.96. The van der Waals surface area contributed by atoms with Gasteiger partial charge in [0.2, 0.25) is 0 Å². The lowest BCUT2D eigenvalue weighted by Gasteiger charge is -2.41. The first-order valence-corrected chi connectivity index (χ1v) is 11.9. The monoisotopic (exact) mass is 431 g/mol. The first-order valence-electron chi connectivity index (χ1n) is 11.9. The number of benzene rings is 2. The number of carbonyl (C=O) groups is 2. The molecule has 3 fully saturated rings. The van der Waals surface area contributed by atoms with Crippen LogP contribution in [-0.4, -0.2) is 35.5 Å². The number of piperidine rings is 1. The summed E-state index contributed by atoms with van der Waals surface area (Å²) < 4.78 is 5.82. The van der Waals surface area contributed by atoms with Gasteiger partial charge in [0, 0.05) is 18.5 Å². The van der Waals surface area contributed by atoms with Gasteiger partial charge in [0.25, 0.3) is 5.91 Å². The molecule has 1 amide bonds. The fourth-order valence-corrected chi connectivity index (χ4v) is 6.11. The highest BCUT2D eigenvalue weighted by Gasteiger charge is 2.76. The molecule has 0 aromatic heterocycles. The second-order valence-electron chi connectivity index (χ2n) is 10.7. The van der Waals surface area contributed by atoms with Crippen LogP contribution in [0.15, 0.2) is 54.6 Å². The number of rotatable bonds is 4. The number of hydrogen-bond donors (Lipinski definition) is 0. The normalized spacial score (nSPS) is 29.2.